The van der Waals surface area contributed by atoms with Crippen LogP contribution in [-0.4, -0.2) is 61.4 Å². The quantitative estimate of drug-likeness (QED) is 0.0345. The van der Waals surface area contributed by atoms with Gasteiger partial charge in [-0.1, -0.05) is 143 Å². The first-order valence-corrected chi connectivity index (χ1v) is 23.2. The predicted octanol–water partition coefficient (Wildman–Crippen LogP) is 11.3. The van der Waals surface area contributed by atoms with Crippen LogP contribution < -0.4 is 21.5 Å². The Hall–Kier alpha value is -1.93. The van der Waals surface area contributed by atoms with Crippen molar-refractivity contribution >= 4 is 17.3 Å². The van der Waals surface area contributed by atoms with E-state index < -0.39 is 10.9 Å². The summed E-state index contributed by atoms with van der Waals surface area (Å²) in [6.07, 6.45) is 32.8. The van der Waals surface area contributed by atoms with Gasteiger partial charge in [0, 0.05) is 20.0 Å². The lowest BCUT2D eigenvalue weighted by atomic mass is 9.88. The SMILES string of the molecule is CCCCCCCCC(O)CCC(CCCCC)CCC(CCCCCCCC)OC(=O)CCCCCCCN(CC)CCCNc1c(NC)c(=O)c1=O. The molecule has 54 heavy (non-hydrogen) atoms. The van der Waals surface area contributed by atoms with E-state index in [2.05, 4.69) is 43.2 Å². The van der Waals surface area contributed by atoms with Crippen molar-refractivity contribution in [2.75, 3.05) is 43.9 Å². The third kappa shape index (κ3) is 24.6. The largest absolute Gasteiger partial charge is 0.462 e. The average molecular weight is 762 g/mol. The molecule has 3 N–H and O–H groups in total. The van der Waals surface area contributed by atoms with Gasteiger partial charge in [-0.25, -0.2) is 0 Å². The van der Waals surface area contributed by atoms with E-state index >= 15 is 0 Å². The number of nitrogens with one attached hydrogen (secondary N) is 2. The Morgan fingerprint density at radius 2 is 1.11 bits per heavy atom. The third-order valence-corrected chi connectivity index (χ3v) is 11.5. The van der Waals surface area contributed by atoms with E-state index in [1.54, 1.807) is 7.05 Å². The van der Waals surface area contributed by atoms with Crippen LogP contribution in [0.4, 0.5) is 11.4 Å². The molecule has 0 aromatic heterocycles. The molecule has 0 aliphatic rings. The van der Waals surface area contributed by atoms with E-state index in [1.165, 1.54) is 89.9 Å². The highest BCUT2D eigenvalue weighted by molar-refractivity contribution is 5.73. The van der Waals surface area contributed by atoms with Crippen molar-refractivity contribution in [3.05, 3.63) is 20.4 Å². The Bertz CT molecular complexity index is 1090. The van der Waals surface area contributed by atoms with Gasteiger partial charge in [0.25, 0.3) is 10.9 Å². The Labute approximate surface area is 332 Å². The molecule has 0 saturated carbocycles. The van der Waals surface area contributed by atoms with Crippen LogP contribution in [0.25, 0.3) is 0 Å². The van der Waals surface area contributed by atoms with Crippen LogP contribution >= 0.6 is 0 Å². The third-order valence-electron chi connectivity index (χ3n) is 11.5. The first kappa shape index (κ1) is 50.1. The van der Waals surface area contributed by atoms with Gasteiger partial charge in [0.2, 0.25) is 0 Å². The molecule has 8 nitrogen and oxygen atoms in total. The number of hydrogen-bond acceptors (Lipinski definition) is 8. The molecule has 316 valence electrons. The number of nitrogens with zero attached hydrogens (tertiary/aromatic N) is 1. The maximum atomic E-state index is 13.0. The number of aliphatic hydroxyl groups is 1. The number of ether oxygens (including phenoxy) is 1. The molecule has 8 heteroatoms. The number of carbonyl (C=O) groups is 1. The second kappa shape index (κ2) is 34.3. The Balaban J connectivity index is 2.43. The molecule has 0 spiro atoms. The summed E-state index contributed by atoms with van der Waals surface area (Å²) in [5.41, 5.74) is -0.0256. The number of esters is 1. The summed E-state index contributed by atoms with van der Waals surface area (Å²) in [6, 6.07) is 0. The molecule has 0 aliphatic carbocycles. The summed E-state index contributed by atoms with van der Waals surface area (Å²) in [7, 11) is 1.67. The van der Waals surface area contributed by atoms with Gasteiger partial charge in [0.15, 0.2) is 0 Å². The molecule has 0 fully saturated rings. The minimum atomic E-state index is -0.432. The topological polar surface area (TPSA) is 108 Å². The zero-order chi connectivity index (χ0) is 39.7. The highest BCUT2D eigenvalue weighted by Crippen LogP contribution is 2.26. The number of anilines is 2. The zero-order valence-electron chi connectivity index (χ0n) is 36.1. The van der Waals surface area contributed by atoms with E-state index in [9.17, 15) is 19.5 Å². The molecular weight excluding hydrogens is 675 g/mol. The molecule has 0 saturated heterocycles. The van der Waals surface area contributed by atoms with Gasteiger partial charge in [-0.3, -0.25) is 14.4 Å². The Kier molecular flexibility index (Phi) is 31.8. The van der Waals surface area contributed by atoms with Gasteiger partial charge < -0.3 is 25.4 Å². The van der Waals surface area contributed by atoms with Gasteiger partial charge >= 0.3 is 5.97 Å². The molecule has 0 amide bonds. The monoisotopic (exact) mass is 762 g/mol. The molecule has 0 bridgehead atoms. The van der Waals surface area contributed by atoms with Crippen LogP contribution in [0.5, 0.6) is 0 Å². The minimum absolute atomic E-state index is 0.0146. The minimum Gasteiger partial charge on any atom is -0.462 e. The summed E-state index contributed by atoms with van der Waals surface area (Å²) in [5.74, 6) is 0.593. The predicted molar refractivity (Wildman–Crippen MR) is 232 cm³/mol. The van der Waals surface area contributed by atoms with Gasteiger partial charge in [0.05, 0.1) is 6.10 Å². The molecule has 0 radical (unpaired) electrons. The molecule has 1 aromatic rings. The van der Waals surface area contributed by atoms with Crippen LogP contribution in [0.2, 0.25) is 0 Å². The molecule has 1 rings (SSSR count). The maximum Gasteiger partial charge on any atom is 0.306 e. The van der Waals surface area contributed by atoms with Crippen molar-refractivity contribution < 1.29 is 14.6 Å². The van der Waals surface area contributed by atoms with E-state index in [-0.39, 0.29) is 18.2 Å². The first-order valence-electron chi connectivity index (χ1n) is 23.2. The van der Waals surface area contributed by atoms with Crippen LogP contribution in [0.3, 0.4) is 0 Å². The highest BCUT2D eigenvalue weighted by atomic mass is 16.5. The lowest BCUT2D eigenvalue weighted by Crippen LogP contribution is -2.37. The smallest absolute Gasteiger partial charge is 0.306 e. The molecule has 3 atom stereocenters. The summed E-state index contributed by atoms with van der Waals surface area (Å²) in [6.45, 7) is 12.6. The standard InChI is InChI=1S/C46H87N3O5/c1-6-10-13-15-18-23-29-40(50)34-32-39(28-22-12-8-3)33-35-41(30-24-19-16-14-11-7-2)54-42(51)31-25-20-17-21-26-37-49(9-4)38-27-36-48-44-43(47-5)45(52)46(44)53/h39-41,47-48,50H,6-38H2,1-5H3. The lowest BCUT2D eigenvalue weighted by Gasteiger charge is -2.23. The number of aliphatic hydroxyl groups excluding tert-OH is 1. The van der Waals surface area contributed by atoms with Gasteiger partial charge in [-0.2, -0.15) is 0 Å². The summed E-state index contributed by atoms with van der Waals surface area (Å²) in [4.78, 5) is 38.8. The van der Waals surface area contributed by atoms with Crippen LogP contribution in [0.15, 0.2) is 9.59 Å². The normalized spacial score (nSPS) is 13.4. The van der Waals surface area contributed by atoms with E-state index in [0.717, 1.165) is 110 Å². The van der Waals surface area contributed by atoms with Crippen molar-refractivity contribution in [2.24, 2.45) is 5.92 Å². The zero-order valence-corrected chi connectivity index (χ0v) is 36.1. The van der Waals surface area contributed by atoms with Gasteiger partial charge in [-0.05, 0) is 89.8 Å². The Morgan fingerprint density at radius 1 is 0.593 bits per heavy atom. The number of rotatable bonds is 40. The van der Waals surface area contributed by atoms with Crippen LogP contribution in [0.1, 0.15) is 214 Å². The van der Waals surface area contributed by atoms with Crippen molar-refractivity contribution in [1.82, 2.24) is 4.90 Å². The van der Waals surface area contributed by atoms with Crippen LogP contribution in [-0.2, 0) is 9.53 Å². The second-order valence-electron chi connectivity index (χ2n) is 16.3. The number of unbranched alkanes of at least 4 members (excludes halogenated alkanes) is 16. The van der Waals surface area contributed by atoms with Gasteiger partial charge in [-0.15, -0.1) is 0 Å². The van der Waals surface area contributed by atoms with E-state index in [4.69, 9.17) is 4.74 Å². The maximum absolute atomic E-state index is 13.0. The molecular formula is C46H87N3O5. The molecule has 1 aromatic carbocycles. The lowest BCUT2D eigenvalue weighted by molar-refractivity contribution is -0.150. The average Bonchev–Trinajstić information content (AvgIpc) is 3.17. The molecule has 0 heterocycles. The van der Waals surface area contributed by atoms with Crippen molar-refractivity contribution in [2.45, 2.75) is 226 Å². The molecule has 3 unspecified atom stereocenters. The fourth-order valence-electron chi connectivity index (χ4n) is 7.81. The van der Waals surface area contributed by atoms with E-state index in [1.807, 2.05) is 0 Å². The number of carbonyl (C=O) groups excluding carboxylic acids is 1. The summed E-state index contributed by atoms with van der Waals surface area (Å²) >= 11 is 0. The summed E-state index contributed by atoms with van der Waals surface area (Å²) in [5, 5.41) is 16.7. The van der Waals surface area contributed by atoms with E-state index in [0.29, 0.717) is 30.3 Å². The van der Waals surface area contributed by atoms with Crippen molar-refractivity contribution in [1.29, 1.82) is 0 Å². The van der Waals surface area contributed by atoms with Crippen LogP contribution in [0, 0.1) is 5.92 Å². The fourth-order valence-corrected chi connectivity index (χ4v) is 7.81. The first-order chi connectivity index (χ1) is 26.3. The summed E-state index contributed by atoms with van der Waals surface area (Å²) < 4.78 is 6.20. The van der Waals surface area contributed by atoms with Gasteiger partial charge in [0.1, 0.15) is 17.5 Å². The van der Waals surface area contributed by atoms with Crippen molar-refractivity contribution in [3.8, 4) is 0 Å². The highest BCUT2D eigenvalue weighted by Gasteiger charge is 2.20. The number of hydrogen-bond donors (Lipinski definition) is 3. The van der Waals surface area contributed by atoms with Crippen molar-refractivity contribution in [3.63, 3.8) is 0 Å². The Morgan fingerprint density at radius 3 is 1.76 bits per heavy atom. The second-order valence-corrected chi connectivity index (χ2v) is 16.3. The fraction of sp³-hybridized carbons (Fsp3) is 0.891. The molecule has 0 aliphatic heterocycles.